The van der Waals surface area contributed by atoms with Gasteiger partial charge in [-0.25, -0.2) is 0 Å². The van der Waals surface area contributed by atoms with Crippen molar-refractivity contribution in [2.75, 3.05) is 19.7 Å². The highest BCUT2D eigenvalue weighted by Gasteiger charge is 2.29. The third kappa shape index (κ3) is 2.96. The molecule has 2 nitrogen and oxygen atoms in total. The highest BCUT2D eigenvalue weighted by molar-refractivity contribution is 6.30. The van der Waals surface area contributed by atoms with Crippen molar-refractivity contribution < 1.29 is 4.74 Å². The number of nitrogens with one attached hydrogen (secondary N) is 1. The molecule has 0 amide bonds. The molecule has 1 heterocycles. The monoisotopic (exact) mass is 293 g/mol. The molecule has 1 aliphatic heterocycles. The van der Waals surface area contributed by atoms with Crippen molar-refractivity contribution in [1.82, 2.24) is 5.32 Å². The molecule has 1 N–H and O–H groups in total. The van der Waals surface area contributed by atoms with E-state index >= 15 is 0 Å². The molecule has 0 bridgehead atoms. The first-order valence-electron chi connectivity index (χ1n) is 7.92. The molecule has 1 aromatic rings. The average Bonchev–Trinajstić information content (AvgIpc) is 3.05. The van der Waals surface area contributed by atoms with E-state index in [4.69, 9.17) is 16.3 Å². The predicted octanol–water partition coefficient (Wildman–Crippen LogP) is 3.84. The van der Waals surface area contributed by atoms with Crippen LogP contribution in [-0.2, 0) is 12.8 Å². The summed E-state index contributed by atoms with van der Waals surface area (Å²) in [5, 5.41) is 4.38. The molecular formula is C17H24ClNO. The largest absolute Gasteiger partial charge is 0.493 e. The molecule has 2 atom stereocenters. The lowest BCUT2D eigenvalue weighted by atomic mass is 9.88. The molecule has 1 fully saturated rings. The highest BCUT2D eigenvalue weighted by Crippen LogP contribution is 2.39. The molecular weight excluding hydrogens is 270 g/mol. The third-order valence-corrected chi connectivity index (χ3v) is 5.00. The van der Waals surface area contributed by atoms with Crippen molar-refractivity contribution >= 4 is 11.6 Å². The van der Waals surface area contributed by atoms with Crippen molar-refractivity contribution in [1.29, 1.82) is 0 Å². The Morgan fingerprint density at radius 2 is 2.15 bits per heavy atom. The third-order valence-electron chi connectivity index (χ3n) is 4.78. The van der Waals surface area contributed by atoms with Crippen LogP contribution in [0.4, 0.5) is 0 Å². The van der Waals surface area contributed by atoms with Crippen LogP contribution in [0.25, 0.3) is 0 Å². The number of rotatable bonds is 5. The molecule has 3 rings (SSSR count). The summed E-state index contributed by atoms with van der Waals surface area (Å²) < 4.78 is 5.84. The van der Waals surface area contributed by atoms with Crippen molar-refractivity contribution in [2.45, 2.75) is 39.0 Å². The van der Waals surface area contributed by atoms with E-state index in [1.54, 1.807) is 0 Å². The number of benzene rings is 1. The number of hydrogen-bond donors (Lipinski definition) is 1. The van der Waals surface area contributed by atoms with Crippen molar-refractivity contribution in [2.24, 2.45) is 11.8 Å². The second-order valence-corrected chi connectivity index (χ2v) is 6.55. The first-order valence-corrected chi connectivity index (χ1v) is 8.30. The van der Waals surface area contributed by atoms with Gasteiger partial charge in [-0.2, -0.15) is 0 Å². The van der Waals surface area contributed by atoms with Crippen LogP contribution in [0.1, 0.15) is 37.3 Å². The van der Waals surface area contributed by atoms with Gasteiger partial charge in [0.05, 0.1) is 6.61 Å². The second kappa shape index (κ2) is 6.36. The van der Waals surface area contributed by atoms with Gasteiger partial charge >= 0.3 is 0 Å². The van der Waals surface area contributed by atoms with Gasteiger partial charge in [0, 0.05) is 11.4 Å². The maximum absolute atomic E-state index is 6.27. The lowest BCUT2D eigenvalue weighted by molar-refractivity contribution is 0.339. The fraction of sp³-hybridized carbons (Fsp3) is 0.647. The highest BCUT2D eigenvalue weighted by atomic mass is 35.5. The number of hydrogen-bond acceptors (Lipinski definition) is 2. The quantitative estimate of drug-likeness (QED) is 0.890. The van der Waals surface area contributed by atoms with E-state index in [0.717, 1.165) is 55.1 Å². The molecule has 1 aromatic carbocycles. The molecule has 1 saturated carbocycles. The van der Waals surface area contributed by atoms with Crippen LogP contribution in [0.2, 0.25) is 5.02 Å². The Morgan fingerprint density at radius 1 is 1.30 bits per heavy atom. The summed E-state index contributed by atoms with van der Waals surface area (Å²) in [7, 11) is 0. The predicted molar refractivity (Wildman–Crippen MR) is 83.7 cm³/mol. The zero-order valence-electron chi connectivity index (χ0n) is 12.3. The SMILES string of the molecule is CCNCC1CCCC1Cc1cc(Cl)cc2c1OCC2. The normalized spacial score (nSPS) is 24.7. The van der Waals surface area contributed by atoms with Crippen molar-refractivity contribution in [3.05, 3.63) is 28.3 Å². The van der Waals surface area contributed by atoms with Gasteiger partial charge in [-0.15, -0.1) is 0 Å². The fourth-order valence-corrected chi connectivity index (χ4v) is 4.02. The Hall–Kier alpha value is -0.730. The summed E-state index contributed by atoms with van der Waals surface area (Å²) in [5.41, 5.74) is 2.63. The van der Waals surface area contributed by atoms with Gasteiger partial charge < -0.3 is 10.1 Å². The number of ether oxygens (including phenoxy) is 1. The minimum absolute atomic E-state index is 0.779. The van der Waals surface area contributed by atoms with Gasteiger partial charge in [-0.05, 0) is 67.4 Å². The van der Waals surface area contributed by atoms with Gasteiger partial charge in [0.15, 0.2) is 0 Å². The first kappa shape index (κ1) is 14.2. The topological polar surface area (TPSA) is 21.3 Å². The van der Waals surface area contributed by atoms with E-state index in [0.29, 0.717) is 0 Å². The molecule has 0 aromatic heterocycles. The van der Waals surface area contributed by atoms with E-state index in [1.165, 1.54) is 30.4 Å². The molecule has 0 spiro atoms. The zero-order chi connectivity index (χ0) is 13.9. The Kier molecular flexibility index (Phi) is 4.52. The molecule has 2 unspecified atom stereocenters. The van der Waals surface area contributed by atoms with Gasteiger partial charge in [-0.1, -0.05) is 24.9 Å². The summed E-state index contributed by atoms with van der Waals surface area (Å²) >= 11 is 6.27. The second-order valence-electron chi connectivity index (χ2n) is 6.11. The Labute approximate surface area is 126 Å². The molecule has 3 heteroatoms. The van der Waals surface area contributed by atoms with Crippen LogP contribution in [0.3, 0.4) is 0 Å². The van der Waals surface area contributed by atoms with Crippen LogP contribution in [0.5, 0.6) is 5.75 Å². The van der Waals surface area contributed by atoms with Gasteiger partial charge in [0.25, 0.3) is 0 Å². The summed E-state index contributed by atoms with van der Waals surface area (Å²) in [6, 6.07) is 4.19. The van der Waals surface area contributed by atoms with Crippen LogP contribution in [0.15, 0.2) is 12.1 Å². The van der Waals surface area contributed by atoms with E-state index in [1.807, 2.05) is 0 Å². The number of fused-ring (bicyclic) bond motifs is 1. The Bertz CT molecular complexity index is 474. The van der Waals surface area contributed by atoms with E-state index in [-0.39, 0.29) is 0 Å². The van der Waals surface area contributed by atoms with E-state index in [9.17, 15) is 0 Å². The van der Waals surface area contributed by atoms with Gasteiger partial charge in [-0.3, -0.25) is 0 Å². The van der Waals surface area contributed by atoms with Gasteiger partial charge in [0.2, 0.25) is 0 Å². The summed E-state index contributed by atoms with van der Waals surface area (Å²) in [6.45, 7) is 5.22. The van der Waals surface area contributed by atoms with Crippen LogP contribution in [0, 0.1) is 11.8 Å². The zero-order valence-corrected chi connectivity index (χ0v) is 13.0. The first-order chi connectivity index (χ1) is 9.78. The van der Waals surface area contributed by atoms with Gasteiger partial charge in [0.1, 0.15) is 5.75 Å². The lowest BCUT2D eigenvalue weighted by Gasteiger charge is -2.21. The molecule has 2 aliphatic rings. The molecule has 1 aliphatic carbocycles. The van der Waals surface area contributed by atoms with Crippen LogP contribution >= 0.6 is 11.6 Å². The minimum atomic E-state index is 0.779. The molecule has 0 saturated heterocycles. The number of halogens is 1. The maximum Gasteiger partial charge on any atom is 0.125 e. The Morgan fingerprint density at radius 3 is 3.00 bits per heavy atom. The molecule has 110 valence electrons. The molecule has 0 radical (unpaired) electrons. The van der Waals surface area contributed by atoms with Crippen LogP contribution < -0.4 is 10.1 Å². The standard InChI is InChI=1S/C17H24ClNO/c1-2-19-11-14-5-3-4-12(14)8-15-10-16(18)9-13-6-7-20-17(13)15/h9-10,12,14,19H,2-8,11H2,1H3. The summed E-state index contributed by atoms with van der Waals surface area (Å²) in [4.78, 5) is 0. The lowest BCUT2D eigenvalue weighted by Crippen LogP contribution is -2.26. The smallest absolute Gasteiger partial charge is 0.125 e. The van der Waals surface area contributed by atoms with Crippen LogP contribution in [-0.4, -0.2) is 19.7 Å². The summed E-state index contributed by atoms with van der Waals surface area (Å²) in [6.07, 6.45) is 6.20. The average molecular weight is 294 g/mol. The Balaban J connectivity index is 1.74. The van der Waals surface area contributed by atoms with Crippen molar-refractivity contribution in [3.63, 3.8) is 0 Å². The molecule has 20 heavy (non-hydrogen) atoms. The maximum atomic E-state index is 6.27. The van der Waals surface area contributed by atoms with Crippen molar-refractivity contribution in [3.8, 4) is 5.75 Å². The summed E-state index contributed by atoms with van der Waals surface area (Å²) in [5.74, 6) is 2.72. The fourth-order valence-electron chi connectivity index (χ4n) is 3.76. The van der Waals surface area contributed by atoms with E-state index in [2.05, 4.69) is 24.4 Å². The minimum Gasteiger partial charge on any atom is -0.493 e. The van der Waals surface area contributed by atoms with E-state index < -0.39 is 0 Å².